The maximum absolute atomic E-state index is 10.7. The number of nitrogens with two attached hydrogens (primary N) is 1. The first kappa shape index (κ1) is 13.7. The van der Waals surface area contributed by atoms with Crippen molar-refractivity contribution < 1.29 is 9.53 Å². The van der Waals surface area contributed by atoms with Gasteiger partial charge in [-0.15, -0.1) is 0 Å². The molecule has 1 aliphatic rings. The van der Waals surface area contributed by atoms with Crippen LogP contribution < -0.4 is 15.8 Å². The molecule has 104 valence electrons. The van der Waals surface area contributed by atoms with Gasteiger partial charge >= 0.3 is 0 Å². The SMILES string of the molecule is CCC1CCC(Nc2cccc(OCC(N)=O)c2)C1. The zero-order valence-corrected chi connectivity index (χ0v) is 11.4. The van der Waals surface area contributed by atoms with Crippen LogP contribution in [-0.2, 0) is 4.79 Å². The first-order valence-corrected chi connectivity index (χ1v) is 6.95. The van der Waals surface area contributed by atoms with Crippen LogP contribution in [0.15, 0.2) is 24.3 Å². The number of ether oxygens (including phenoxy) is 1. The Morgan fingerprint density at radius 1 is 1.47 bits per heavy atom. The summed E-state index contributed by atoms with van der Waals surface area (Å²) in [6.45, 7) is 2.18. The van der Waals surface area contributed by atoms with Crippen molar-refractivity contribution >= 4 is 11.6 Å². The molecular weight excluding hydrogens is 240 g/mol. The summed E-state index contributed by atoms with van der Waals surface area (Å²) in [5.41, 5.74) is 6.11. The summed E-state index contributed by atoms with van der Waals surface area (Å²) in [5, 5.41) is 3.54. The number of benzene rings is 1. The van der Waals surface area contributed by atoms with E-state index in [1.165, 1.54) is 25.7 Å². The lowest BCUT2D eigenvalue weighted by Crippen LogP contribution is -2.20. The Bertz CT molecular complexity index is 434. The van der Waals surface area contributed by atoms with Gasteiger partial charge in [-0.05, 0) is 37.3 Å². The molecule has 1 aliphatic carbocycles. The Kier molecular flexibility index (Phi) is 4.66. The van der Waals surface area contributed by atoms with E-state index in [-0.39, 0.29) is 6.61 Å². The number of amides is 1. The van der Waals surface area contributed by atoms with Gasteiger partial charge in [0.15, 0.2) is 6.61 Å². The Hall–Kier alpha value is -1.71. The van der Waals surface area contributed by atoms with Crippen LogP contribution in [0.2, 0.25) is 0 Å². The van der Waals surface area contributed by atoms with Crippen molar-refractivity contribution in [3.8, 4) is 5.75 Å². The highest BCUT2D eigenvalue weighted by Gasteiger charge is 2.22. The van der Waals surface area contributed by atoms with Crippen molar-refractivity contribution in [3.05, 3.63) is 24.3 Å². The van der Waals surface area contributed by atoms with Crippen molar-refractivity contribution in [1.29, 1.82) is 0 Å². The van der Waals surface area contributed by atoms with Crippen LogP contribution in [0.5, 0.6) is 5.75 Å². The van der Waals surface area contributed by atoms with E-state index in [9.17, 15) is 4.79 Å². The van der Waals surface area contributed by atoms with Crippen LogP contribution in [0.25, 0.3) is 0 Å². The lowest BCUT2D eigenvalue weighted by atomic mass is 10.1. The summed E-state index contributed by atoms with van der Waals surface area (Å²) >= 11 is 0. The molecule has 0 radical (unpaired) electrons. The third-order valence-corrected chi connectivity index (χ3v) is 3.70. The quantitative estimate of drug-likeness (QED) is 0.828. The van der Waals surface area contributed by atoms with E-state index in [1.807, 2.05) is 24.3 Å². The molecule has 1 aromatic carbocycles. The average Bonchev–Trinajstić information content (AvgIpc) is 2.84. The molecule has 1 saturated carbocycles. The molecule has 2 atom stereocenters. The highest BCUT2D eigenvalue weighted by Crippen LogP contribution is 2.30. The second-order valence-electron chi connectivity index (χ2n) is 5.21. The molecule has 2 rings (SSSR count). The van der Waals surface area contributed by atoms with Gasteiger partial charge in [0.1, 0.15) is 5.75 Å². The number of nitrogens with one attached hydrogen (secondary N) is 1. The molecule has 19 heavy (non-hydrogen) atoms. The largest absolute Gasteiger partial charge is 0.484 e. The standard InChI is InChI=1S/C15H22N2O2/c1-2-11-6-7-13(8-11)17-12-4-3-5-14(9-12)19-10-15(16)18/h3-5,9,11,13,17H,2,6-8,10H2,1H3,(H2,16,18). The highest BCUT2D eigenvalue weighted by atomic mass is 16.5. The smallest absolute Gasteiger partial charge is 0.255 e. The van der Waals surface area contributed by atoms with Gasteiger partial charge in [-0.3, -0.25) is 4.79 Å². The molecule has 2 unspecified atom stereocenters. The number of hydrogen-bond acceptors (Lipinski definition) is 3. The number of rotatable bonds is 6. The lowest BCUT2D eigenvalue weighted by Gasteiger charge is -2.15. The Morgan fingerprint density at radius 2 is 2.32 bits per heavy atom. The number of primary amides is 1. The molecule has 4 nitrogen and oxygen atoms in total. The Balaban J connectivity index is 1.90. The topological polar surface area (TPSA) is 64.3 Å². The Labute approximate surface area is 114 Å². The minimum absolute atomic E-state index is 0.0786. The van der Waals surface area contributed by atoms with E-state index in [1.54, 1.807) is 0 Å². The van der Waals surface area contributed by atoms with Crippen LogP contribution >= 0.6 is 0 Å². The van der Waals surface area contributed by atoms with Crippen LogP contribution in [0.3, 0.4) is 0 Å². The predicted octanol–water partition coefficient (Wildman–Crippen LogP) is 2.54. The van der Waals surface area contributed by atoms with Gasteiger partial charge in [-0.2, -0.15) is 0 Å². The molecular formula is C15H22N2O2. The molecule has 1 fully saturated rings. The monoisotopic (exact) mass is 262 g/mol. The van der Waals surface area contributed by atoms with Gasteiger partial charge in [-0.25, -0.2) is 0 Å². The van der Waals surface area contributed by atoms with Gasteiger partial charge in [0.25, 0.3) is 5.91 Å². The van der Waals surface area contributed by atoms with Crippen LogP contribution in [0.4, 0.5) is 5.69 Å². The third kappa shape index (κ3) is 4.16. The highest BCUT2D eigenvalue weighted by molar-refractivity contribution is 5.75. The van der Waals surface area contributed by atoms with E-state index in [0.29, 0.717) is 11.8 Å². The number of carbonyl (C=O) groups is 1. The molecule has 4 heteroatoms. The first-order valence-electron chi connectivity index (χ1n) is 6.95. The Morgan fingerprint density at radius 3 is 3.00 bits per heavy atom. The van der Waals surface area contributed by atoms with E-state index in [2.05, 4.69) is 12.2 Å². The molecule has 0 aliphatic heterocycles. The summed E-state index contributed by atoms with van der Waals surface area (Å²) in [7, 11) is 0. The van der Waals surface area contributed by atoms with Gasteiger partial charge in [-0.1, -0.05) is 19.4 Å². The minimum atomic E-state index is -0.458. The minimum Gasteiger partial charge on any atom is -0.484 e. The van der Waals surface area contributed by atoms with Gasteiger partial charge in [0.05, 0.1) is 0 Å². The number of anilines is 1. The molecule has 1 aromatic rings. The summed E-state index contributed by atoms with van der Waals surface area (Å²) in [5.74, 6) is 1.07. The first-order chi connectivity index (χ1) is 9.17. The van der Waals surface area contributed by atoms with Gasteiger partial charge < -0.3 is 15.8 Å². The second kappa shape index (κ2) is 6.45. The molecule has 0 saturated heterocycles. The molecule has 1 amide bonds. The van der Waals surface area contributed by atoms with E-state index < -0.39 is 5.91 Å². The average molecular weight is 262 g/mol. The molecule has 0 aromatic heterocycles. The zero-order chi connectivity index (χ0) is 13.7. The lowest BCUT2D eigenvalue weighted by molar-refractivity contribution is -0.119. The van der Waals surface area contributed by atoms with E-state index in [4.69, 9.17) is 10.5 Å². The summed E-state index contributed by atoms with van der Waals surface area (Å²) in [4.78, 5) is 10.7. The molecule has 3 N–H and O–H groups in total. The molecule has 0 heterocycles. The summed E-state index contributed by atoms with van der Waals surface area (Å²) in [6.07, 6.45) is 5.04. The second-order valence-corrected chi connectivity index (χ2v) is 5.21. The predicted molar refractivity (Wildman–Crippen MR) is 76.2 cm³/mol. The zero-order valence-electron chi connectivity index (χ0n) is 11.4. The van der Waals surface area contributed by atoms with E-state index >= 15 is 0 Å². The van der Waals surface area contributed by atoms with Crippen molar-refractivity contribution in [2.75, 3.05) is 11.9 Å². The fraction of sp³-hybridized carbons (Fsp3) is 0.533. The van der Waals surface area contributed by atoms with Crippen molar-refractivity contribution in [1.82, 2.24) is 0 Å². The molecule has 0 bridgehead atoms. The van der Waals surface area contributed by atoms with Crippen LogP contribution in [0.1, 0.15) is 32.6 Å². The van der Waals surface area contributed by atoms with Gasteiger partial charge in [0.2, 0.25) is 0 Å². The van der Waals surface area contributed by atoms with Crippen molar-refractivity contribution in [2.45, 2.75) is 38.6 Å². The fourth-order valence-electron chi connectivity index (χ4n) is 2.64. The number of carbonyl (C=O) groups excluding carboxylic acids is 1. The summed E-state index contributed by atoms with van der Waals surface area (Å²) < 4.78 is 5.30. The summed E-state index contributed by atoms with van der Waals surface area (Å²) in [6, 6.07) is 8.25. The maximum Gasteiger partial charge on any atom is 0.255 e. The van der Waals surface area contributed by atoms with E-state index in [0.717, 1.165) is 11.6 Å². The van der Waals surface area contributed by atoms with Crippen LogP contribution in [0, 0.1) is 5.92 Å². The normalized spacial score (nSPS) is 22.2. The number of hydrogen-bond donors (Lipinski definition) is 2. The fourth-order valence-corrected chi connectivity index (χ4v) is 2.64. The van der Waals surface area contributed by atoms with Crippen molar-refractivity contribution in [2.24, 2.45) is 11.7 Å². The molecule has 0 spiro atoms. The van der Waals surface area contributed by atoms with Crippen molar-refractivity contribution in [3.63, 3.8) is 0 Å². The van der Waals surface area contributed by atoms with Gasteiger partial charge in [0, 0.05) is 17.8 Å². The van der Waals surface area contributed by atoms with Crippen LogP contribution in [-0.4, -0.2) is 18.6 Å². The third-order valence-electron chi connectivity index (χ3n) is 3.70. The maximum atomic E-state index is 10.7.